The molecule has 11 heteroatoms. The Labute approximate surface area is 768 Å². The molecule has 0 N–H and O–H groups in total. The van der Waals surface area contributed by atoms with Crippen LogP contribution in [-0.4, -0.2) is 18.1 Å². The van der Waals surface area contributed by atoms with Gasteiger partial charge < -0.3 is 47.4 Å². The van der Waals surface area contributed by atoms with Crippen molar-refractivity contribution in [2.45, 2.75) is 191 Å². The van der Waals surface area contributed by atoms with Gasteiger partial charge in [-0.1, -0.05) is 324 Å². The van der Waals surface area contributed by atoms with E-state index in [2.05, 4.69) is 303 Å². The van der Waals surface area contributed by atoms with Gasteiger partial charge in [0.15, 0.2) is 23.0 Å². The Morgan fingerprint density at radius 3 is 0.899 bits per heavy atom. The molecule has 654 valence electrons. The minimum absolute atomic E-state index is 0.118. The Balaban J connectivity index is 0.729. The van der Waals surface area contributed by atoms with Gasteiger partial charge in [-0.15, -0.1) is 0 Å². The highest BCUT2D eigenvalue weighted by Crippen LogP contribution is 2.44. The van der Waals surface area contributed by atoms with Gasteiger partial charge in [-0.25, -0.2) is 0 Å². The fraction of sp³-hybridized carbons (Fsp3) is 0.263. The zero-order valence-electron chi connectivity index (χ0n) is 75.6. The van der Waals surface area contributed by atoms with Gasteiger partial charge in [0.25, 0.3) is 0 Å². The molecule has 0 aliphatic carbocycles. The minimum Gasteiger partial charge on any atom is -0.494 e. The van der Waals surface area contributed by atoms with E-state index in [1.165, 1.54) is 78.5 Å². The number of aryl methyl sites for hydroxylation is 5. The van der Waals surface area contributed by atoms with Crippen molar-refractivity contribution in [3.05, 3.63) is 391 Å². The van der Waals surface area contributed by atoms with E-state index in [4.69, 9.17) is 59.6 Å². The average molecular weight is 1730 g/mol. The zero-order valence-corrected chi connectivity index (χ0v) is 76.4. The monoisotopic (exact) mass is 1720 g/mol. The maximum absolute atomic E-state index is 7.04. The molecule has 0 heterocycles. The predicted octanol–water partition coefficient (Wildman–Crippen LogP) is 29.2. The van der Waals surface area contributed by atoms with Crippen LogP contribution in [0.3, 0.4) is 0 Å². The summed E-state index contributed by atoms with van der Waals surface area (Å²) in [6, 6.07) is 98.1. The van der Waals surface area contributed by atoms with Crippen molar-refractivity contribution in [1.82, 2.24) is 0 Å². The van der Waals surface area contributed by atoms with Gasteiger partial charge in [-0.05, 0) is 232 Å². The molecule has 15 aromatic rings. The lowest BCUT2D eigenvalue weighted by atomic mass is 9.90. The van der Waals surface area contributed by atoms with Gasteiger partial charge >= 0.3 is 0 Å². The van der Waals surface area contributed by atoms with Crippen LogP contribution in [0.5, 0.6) is 57.5 Å². The Hall–Kier alpha value is -13.5. The van der Waals surface area contributed by atoms with Crippen LogP contribution in [-0.2, 0) is 65.7 Å². The second-order valence-electron chi connectivity index (χ2n) is 34.0. The first-order chi connectivity index (χ1) is 63.2. The van der Waals surface area contributed by atoms with E-state index in [-0.39, 0.29) is 52.9 Å². The summed E-state index contributed by atoms with van der Waals surface area (Å²) in [6.07, 6.45) is 15.4. The molecule has 0 bridgehead atoms. The van der Waals surface area contributed by atoms with Gasteiger partial charge in [0.2, 0.25) is 11.5 Å². The Bertz CT molecular complexity index is 6080. The minimum atomic E-state index is 0.118. The number of rotatable bonds is 44. The SMILES string of the molecule is CCCCCCCCOc1ccc(COc2cc(COc3cc(CC(=S)Cc4ccc(C#Cc5ccc6ccc7c(C#Cc8ccc(C)cc8)ccc8ccc5c6c87)cc4)cc(OCc4cc(OCc5ccc(C)cc5)c(OCc5ccc(C)cc5)c(OCc5ccc(OCCCCCCCC)cc5)c4)c3)cc(OCc3ccc(C)cc3)c2OCc2ccc(C)cc2)cc1. The van der Waals surface area contributed by atoms with E-state index in [1.807, 2.05) is 54.6 Å². The van der Waals surface area contributed by atoms with Crippen LogP contribution in [0.25, 0.3) is 32.3 Å². The molecular weight excluding hydrogens is 1610 g/mol. The van der Waals surface area contributed by atoms with Gasteiger partial charge in [0.05, 0.1) is 13.2 Å². The lowest BCUT2D eigenvalue weighted by Gasteiger charge is -2.20. The third-order valence-electron chi connectivity index (χ3n) is 23.3. The summed E-state index contributed by atoms with van der Waals surface area (Å²) in [5.41, 5.74) is 19.2. The second kappa shape index (κ2) is 45.8. The van der Waals surface area contributed by atoms with Gasteiger partial charge in [-0.2, -0.15) is 0 Å². The summed E-state index contributed by atoms with van der Waals surface area (Å²) in [7, 11) is 0. The molecule has 10 nitrogen and oxygen atoms in total. The molecule has 0 aromatic heterocycles. The third kappa shape index (κ3) is 26.4. The molecule has 0 fully saturated rings. The first kappa shape index (κ1) is 90.3. The molecule has 0 saturated heterocycles. The first-order valence-corrected chi connectivity index (χ1v) is 46.2. The van der Waals surface area contributed by atoms with E-state index in [9.17, 15) is 0 Å². The van der Waals surface area contributed by atoms with Gasteiger partial charge in [0.1, 0.15) is 75.9 Å². The Kier molecular flexibility index (Phi) is 32.1. The molecule has 0 unspecified atom stereocenters. The molecule has 0 radical (unpaired) electrons. The molecule has 0 spiro atoms. The van der Waals surface area contributed by atoms with E-state index >= 15 is 0 Å². The Morgan fingerprint density at radius 2 is 0.535 bits per heavy atom. The predicted molar refractivity (Wildman–Crippen MR) is 529 cm³/mol. The van der Waals surface area contributed by atoms with Gasteiger partial charge in [0, 0.05) is 46.0 Å². The van der Waals surface area contributed by atoms with Crippen LogP contribution in [0.4, 0.5) is 0 Å². The summed E-state index contributed by atoms with van der Waals surface area (Å²) < 4.78 is 67.7. The smallest absolute Gasteiger partial charge is 0.203 e. The van der Waals surface area contributed by atoms with Crippen molar-refractivity contribution < 1.29 is 47.4 Å². The second-order valence-corrected chi connectivity index (χ2v) is 34.6. The van der Waals surface area contributed by atoms with Crippen molar-refractivity contribution in [3.63, 3.8) is 0 Å². The topological polar surface area (TPSA) is 92.3 Å². The summed E-state index contributed by atoms with van der Waals surface area (Å²) >= 11 is 6.41. The number of thiocarbonyl (C=S) groups is 1. The molecule has 0 saturated carbocycles. The first-order valence-electron chi connectivity index (χ1n) is 45.8. The normalized spacial score (nSPS) is 11.1. The lowest BCUT2D eigenvalue weighted by molar-refractivity contribution is 0.227. The maximum Gasteiger partial charge on any atom is 0.203 e. The van der Waals surface area contributed by atoms with Crippen LogP contribution >= 0.6 is 12.2 Å². The fourth-order valence-corrected chi connectivity index (χ4v) is 16.1. The molecule has 0 aliphatic heterocycles. The summed E-state index contributed by atoms with van der Waals surface area (Å²) in [5, 5.41) is 7.01. The van der Waals surface area contributed by atoms with Gasteiger partial charge in [-0.3, -0.25) is 0 Å². The van der Waals surface area contributed by atoms with Crippen LogP contribution in [0.15, 0.2) is 285 Å². The van der Waals surface area contributed by atoms with Crippen LogP contribution in [0.1, 0.15) is 197 Å². The van der Waals surface area contributed by atoms with E-state index in [1.54, 1.807) is 0 Å². The standard InChI is InChI=1S/C118H116O10S/c1-8-10-12-14-16-18-64-119-104-58-46-95(47-59-104)77-125-113-72-98(70-111(123-75-91-32-22-84(4)23-33-91)117(113)127-79-93-36-26-86(6)27-37-93)81-121-106-66-97(69-108(129)68-90-42-40-89(41-43-90)45-51-101-53-55-103-56-62-109-100(50-44-88-30-20-83(3)21-31-88)52-54-102-57-63-110(101)116(103)115(102)109)67-107(74-106)122-82-99-71-112(124-76-92-34-24-85(5)25-35-92)118(128-80-94-38-28-87(7)29-39-94)114(73-99)126-78-96-48-60-105(61-49-96)120-65-19-17-15-13-11-9-2/h20-43,46-49,52-63,66-67,70-74H,8-19,64-65,68-69,75-82H2,1-7H3. The molecule has 129 heavy (non-hydrogen) atoms. The number of hydrogen-bond acceptors (Lipinski definition) is 11. The Morgan fingerprint density at radius 1 is 0.240 bits per heavy atom. The fourth-order valence-electron chi connectivity index (χ4n) is 15.7. The molecule has 0 amide bonds. The van der Waals surface area contributed by atoms with E-state index < -0.39 is 0 Å². The third-order valence-corrected chi connectivity index (χ3v) is 23.6. The molecule has 15 aromatic carbocycles. The zero-order chi connectivity index (χ0) is 88.9. The highest BCUT2D eigenvalue weighted by molar-refractivity contribution is 7.80. The summed E-state index contributed by atoms with van der Waals surface area (Å²) in [6.45, 7) is 18.1. The molecule has 0 atom stereocenters. The number of benzene rings is 15. The number of unbranched alkanes of at least 4 members (excludes halogenated alkanes) is 10. The number of hydrogen-bond donors (Lipinski definition) is 0. The summed E-state index contributed by atoms with van der Waals surface area (Å²) in [5.74, 6) is 19.8. The van der Waals surface area contributed by atoms with Crippen molar-refractivity contribution in [2.75, 3.05) is 13.2 Å². The van der Waals surface area contributed by atoms with Crippen LogP contribution in [0.2, 0.25) is 0 Å². The quantitative estimate of drug-likeness (QED) is 0.0158. The highest BCUT2D eigenvalue weighted by Gasteiger charge is 2.22. The molecule has 15 rings (SSSR count). The lowest BCUT2D eigenvalue weighted by Crippen LogP contribution is -2.07. The summed E-state index contributed by atoms with van der Waals surface area (Å²) in [4.78, 5) is 0.831. The number of ether oxygens (including phenoxy) is 10. The van der Waals surface area contributed by atoms with E-state index in [0.29, 0.717) is 72.1 Å². The van der Waals surface area contributed by atoms with Crippen molar-refractivity contribution in [1.29, 1.82) is 0 Å². The van der Waals surface area contributed by atoms with E-state index in [0.717, 1.165) is 153 Å². The molecular formula is C118H116O10S. The average Bonchev–Trinajstić information content (AvgIpc) is 0.732. The van der Waals surface area contributed by atoms with Crippen molar-refractivity contribution in [2.24, 2.45) is 0 Å². The van der Waals surface area contributed by atoms with Crippen LogP contribution < -0.4 is 47.4 Å². The van der Waals surface area contributed by atoms with Crippen molar-refractivity contribution in [3.8, 4) is 81.2 Å². The van der Waals surface area contributed by atoms with Crippen molar-refractivity contribution >= 4 is 49.4 Å². The largest absolute Gasteiger partial charge is 0.494 e. The molecule has 0 aliphatic rings. The maximum atomic E-state index is 7.04. The highest BCUT2D eigenvalue weighted by atomic mass is 32.1. The van der Waals surface area contributed by atoms with Crippen LogP contribution in [0, 0.1) is 58.3 Å².